The molecular weight excluding hydrogens is 850 g/mol. The highest BCUT2D eigenvalue weighted by Crippen LogP contribution is 2.69. The van der Waals surface area contributed by atoms with Crippen LogP contribution in [0.5, 0.6) is 0 Å². The number of hydrogen-bond acceptors (Lipinski definition) is 13. The Morgan fingerprint density at radius 2 is 1.81 bits per heavy atom. The fourth-order valence-electron chi connectivity index (χ4n) is 11.2. The summed E-state index contributed by atoms with van der Waals surface area (Å²) in [5.41, 5.74) is 0.755. The first-order chi connectivity index (χ1) is 30.0. The SMILES string of the molecule is CC(C)c1nc(N(C)S(C)(=O)=O)nc(-c2ccc(F)cc2)c1/C=C/[C@@H](O)C[C@@H](O)CC(=O)O.CCCC1O[C@@H]2C[C@H]3[C@@H]4CCC5=CC(=O)C=C[C@]5(C)[C@H]4[C@@H](O)C[C@]3(C)[C@]2(C(=O)CO)O1. The molecule has 0 amide bonds. The number of aliphatic hydroxyl groups is 4. The molecule has 5 N–H and O–H groups in total. The second kappa shape index (κ2) is 18.9. The zero-order valence-electron chi connectivity index (χ0n) is 37.5. The quantitative estimate of drug-likeness (QED) is 0.166. The lowest BCUT2D eigenvalue weighted by Crippen LogP contribution is -2.63. The number of aliphatic carboxylic acids is 1. The predicted octanol–water partition coefficient (Wildman–Crippen LogP) is 5.12. The molecule has 5 aliphatic rings. The lowest BCUT2D eigenvalue weighted by molar-refractivity contribution is -0.200. The highest BCUT2D eigenvalue weighted by Gasteiger charge is 2.75. The van der Waals surface area contributed by atoms with Crippen LogP contribution in [0.3, 0.4) is 0 Å². The third kappa shape index (κ3) is 9.26. The van der Waals surface area contributed by atoms with E-state index >= 15 is 0 Å². The number of ketones is 2. The van der Waals surface area contributed by atoms with Crippen molar-refractivity contribution in [1.29, 1.82) is 0 Å². The molecule has 7 rings (SSSR count). The number of carboxylic acids is 1. The van der Waals surface area contributed by atoms with Crippen molar-refractivity contribution < 1.29 is 62.2 Å². The number of fused-ring (bicyclic) bond motifs is 7. The number of carbonyl (C=O) groups excluding carboxylic acids is 2. The van der Waals surface area contributed by atoms with E-state index in [9.17, 15) is 47.6 Å². The molecule has 17 heteroatoms. The summed E-state index contributed by atoms with van der Waals surface area (Å²) in [6.07, 6.45) is 9.17. The number of nitrogens with zero attached hydrogens (tertiary/aromatic N) is 3. The number of rotatable bonds is 14. The van der Waals surface area contributed by atoms with Gasteiger partial charge in [-0.1, -0.05) is 64.8 Å². The van der Waals surface area contributed by atoms with Gasteiger partial charge in [0.1, 0.15) is 12.4 Å². The molecule has 15 nitrogen and oxygen atoms in total. The van der Waals surface area contributed by atoms with Crippen LogP contribution in [0.15, 0.2) is 54.1 Å². The van der Waals surface area contributed by atoms with E-state index in [2.05, 4.69) is 30.7 Å². The molecule has 1 saturated heterocycles. The molecule has 64 heavy (non-hydrogen) atoms. The van der Waals surface area contributed by atoms with Gasteiger partial charge in [-0.05, 0) is 86.3 Å². The number of carbonyl (C=O) groups is 3. The van der Waals surface area contributed by atoms with Crippen LogP contribution >= 0.6 is 0 Å². The number of anilines is 1. The number of Topliss-reactive ketones (excluding diaryl/α,β-unsaturated/α-hetero) is 1. The Morgan fingerprint density at radius 3 is 2.42 bits per heavy atom. The van der Waals surface area contributed by atoms with Gasteiger partial charge >= 0.3 is 5.97 Å². The molecule has 2 heterocycles. The van der Waals surface area contributed by atoms with E-state index in [0.717, 1.165) is 35.4 Å². The molecule has 2 aromatic rings. The molecule has 4 fully saturated rings. The van der Waals surface area contributed by atoms with Gasteiger partial charge in [-0.25, -0.2) is 27.1 Å². The van der Waals surface area contributed by atoms with Crippen LogP contribution in [0, 0.1) is 34.4 Å². The number of allylic oxidation sites excluding steroid dienone is 4. The molecule has 350 valence electrons. The van der Waals surface area contributed by atoms with Crippen molar-refractivity contribution in [3.63, 3.8) is 0 Å². The first kappa shape index (κ1) is 49.2. The Balaban J connectivity index is 0.000000213. The van der Waals surface area contributed by atoms with Crippen LogP contribution in [0.1, 0.15) is 103 Å². The number of hydrogen-bond donors (Lipinski definition) is 5. The van der Waals surface area contributed by atoms with Crippen molar-refractivity contribution in [2.24, 2.45) is 28.6 Å². The first-order valence-corrected chi connectivity index (χ1v) is 23.8. The van der Waals surface area contributed by atoms with Crippen LogP contribution in [-0.4, -0.2) is 118 Å². The highest BCUT2D eigenvalue weighted by molar-refractivity contribution is 7.92. The van der Waals surface area contributed by atoms with Gasteiger partial charge in [0.25, 0.3) is 0 Å². The van der Waals surface area contributed by atoms with E-state index in [4.69, 9.17) is 14.6 Å². The second-order valence-electron chi connectivity index (χ2n) is 18.7. The molecule has 11 atom stereocenters. The standard InChI is InChI=1S/C25H34O6.C22H28FN3O6S/c1-4-5-21-30-20-11-17-16-7-6-14-10-15(27)8-9-23(14,2)22(16)18(28)12-24(17,3)25(20,31-21)19(29)13-26;1-13(2)20-18(10-9-16(27)11-17(28)12-19(29)30)21(14-5-7-15(23)8-6-14)25-22(24-20)26(3)33(4,31)32/h8-10,16-18,20-22,26,28H,4-7,11-13H2,1-3H3;5-10,13,16-17,27-28H,11-12H2,1-4H3,(H,29,30)/b;10-9+/t16-,17-,18-,20+,21?,22+,23-,24-,25+;16-,17-/m01/s1. The third-order valence-corrected chi connectivity index (χ3v) is 15.3. The van der Waals surface area contributed by atoms with Gasteiger partial charge in [0, 0.05) is 41.3 Å². The number of halogens is 1. The van der Waals surface area contributed by atoms with Crippen molar-refractivity contribution in [3.05, 3.63) is 71.2 Å². The molecule has 1 aromatic heterocycles. The number of ether oxygens (including phenoxy) is 2. The number of benzene rings is 1. The summed E-state index contributed by atoms with van der Waals surface area (Å²) in [5.74, 6) is -1.84. The minimum atomic E-state index is -3.65. The van der Waals surface area contributed by atoms with Gasteiger partial charge in [-0.3, -0.25) is 14.4 Å². The Kier molecular flexibility index (Phi) is 14.6. The number of sulfonamides is 1. The molecular formula is C47H62FN3O12S. The van der Waals surface area contributed by atoms with Crippen molar-refractivity contribution >= 4 is 39.6 Å². The summed E-state index contributed by atoms with van der Waals surface area (Å²) >= 11 is 0. The maximum absolute atomic E-state index is 13.5. The van der Waals surface area contributed by atoms with Crippen molar-refractivity contribution in [2.75, 3.05) is 24.2 Å². The van der Waals surface area contributed by atoms with Crippen LogP contribution in [0.25, 0.3) is 17.3 Å². The molecule has 1 unspecified atom stereocenters. The van der Waals surface area contributed by atoms with E-state index in [-0.39, 0.29) is 53.0 Å². The maximum Gasteiger partial charge on any atom is 0.305 e. The van der Waals surface area contributed by atoms with Crippen LogP contribution in [0.2, 0.25) is 0 Å². The van der Waals surface area contributed by atoms with Crippen molar-refractivity contribution in [3.8, 4) is 11.3 Å². The van der Waals surface area contributed by atoms with Gasteiger partial charge in [0.15, 0.2) is 23.5 Å². The van der Waals surface area contributed by atoms with E-state index in [1.54, 1.807) is 12.2 Å². The topological polar surface area (TPSA) is 234 Å². The molecule has 3 saturated carbocycles. The van der Waals surface area contributed by atoms with Crippen LogP contribution < -0.4 is 4.31 Å². The number of aliphatic hydroxyl groups excluding tert-OH is 4. The van der Waals surface area contributed by atoms with Crippen LogP contribution in [0.4, 0.5) is 10.3 Å². The maximum atomic E-state index is 13.5. The fraction of sp³-hybridized carbons (Fsp3) is 0.596. The average Bonchev–Trinajstić information content (AvgIpc) is 3.70. The predicted molar refractivity (Wildman–Crippen MR) is 236 cm³/mol. The molecule has 0 radical (unpaired) electrons. The lowest BCUT2D eigenvalue weighted by Gasteiger charge is -2.59. The van der Waals surface area contributed by atoms with E-state index < -0.39 is 76.6 Å². The number of aromatic nitrogens is 2. The average molecular weight is 912 g/mol. The summed E-state index contributed by atoms with van der Waals surface area (Å²) < 4.78 is 51.2. The van der Waals surface area contributed by atoms with Crippen LogP contribution in [-0.2, 0) is 33.9 Å². The Bertz CT molecular complexity index is 2300. The van der Waals surface area contributed by atoms with Crippen molar-refractivity contribution in [1.82, 2.24) is 9.97 Å². The molecule has 0 spiro atoms. The highest BCUT2D eigenvalue weighted by atomic mass is 32.2. The summed E-state index contributed by atoms with van der Waals surface area (Å²) in [5, 5.41) is 50.2. The Hall–Kier alpha value is -4.23. The molecule has 1 aliphatic heterocycles. The van der Waals surface area contributed by atoms with Gasteiger partial charge in [-0.2, -0.15) is 0 Å². The first-order valence-electron chi connectivity index (χ1n) is 22.0. The lowest BCUT2D eigenvalue weighted by atomic mass is 9.46. The summed E-state index contributed by atoms with van der Waals surface area (Å²) in [7, 11) is -2.33. The monoisotopic (exact) mass is 911 g/mol. The smallest absolute Gasteiger partial charge is 0.305 e. The van der Waals surface area contributed by atoms with E-state index in [0.29, 0.717) is 41.8 Å². The Morgan fingerprint density at radius 1 is 1.12 bits per heavy atom. The zero-order valence-corrected chi connectivity index (χ0v) is 38.3. The van der Waals surface area contributed by atoms with Gasteiger partial charge in [-0.15, -0.1) is 0 Å². The summed E-state index contributed by atoms with van der Waals surface area (Å²) in [4.78, 5) is 44.8. The molecule has 0 bridgehead atoms. The van der Waals surface area contributed by atoms with E-state index in [1.807, 2.05) is 19.9 Å². The Labute approximate surface area is 374 Å². The van der Waals surface area contributed by atoms with Crippen molar-refractivity contribution in [2.45, 2.75) is 128 Å². The second-order valence-corrected chi connectivity index (χ2v) is 20.7. The third-order valence-electron chi connectivity index (χ3n) is 14.2. The van der Waals surface area contributed by atoms with E-state index in [1.165, 1.54) is 43.5 Å². The van der Waals surface area contributed by atoms with Gasteiger partial charge < -0.3 is 35.0 Å². The van der Waals surface area contributed by atoms with Gasteiger partial charge in [0.05, 0.1) is 48.5 Å². The molecule has 4 aliphatic carbocycles. The largest absolute Gasteiger partial charge is 0.481 e. The minimum Gasteiger partial charge on any atom is -0.481 e. The summed E-state index contributed by atoms with van der Waals surface area (Å²) in [6, 6.07) is 5.49. The van der Waals surface area contributed by atoms with Gasteiger partial charge in [0.2, 0.25) is 16.0 Å². The summed E-state index contributed by atoms with van der Waals surface area (Å²) in [6.45, 7) is 9.38. The minimum absolute atomic E-state index is 0.0125. The number of carboxylic acid groups (broad SMARTS) is 1. The normalized spacial score (nSPS) is 31.6. The molecule has 1 aromatic carbocycles. The fourth-order valence-corrected chi connectivity index (χ4v) is 11.5. The zero-order chi connectivity index (χ0) is 47.1.